The molecule has 1 aromatic carbocycles. The lowest BCUT2D eigenvalue weighted by molar-refractivity contribution is -0.141. The molecule has 0 aliphatic carbocycles. The van der Waals surface area contributed by atoms with Crippen molar-refractivity contribution in [1.29, 1.82) is 0 Å². The molecule has 0 bridgehead atoms. The highest BCUT2D eigenvalue weighted by Gasteiger charge is 2.36. The zero-order valence-electron chi connectivity index (χ0n) is 13.6. The molecule has 3 nitrogen and oxygen atoms in total. The third-order valence-electron chi connectivity index (χ3n) is 3.62. The zero-order valence-corrected chi connectivity index (χ0v) is 14.3. The average Bonchev–Trinajstić information content (AvgIpc) is 2.61. The molecule has 1 aliphatic rings. The maximum absolute atomic E-state index is 13.1. The Morgan fingerprint density at radius 2 is 1.92 bits per heavy atom. The van der Waals surface area contributed by atoms with Crippen LogP contribution in [0.1, 0.15) is 37.1 Å². The van der Waals surface area contributed by atoms with Crippen molar-refractivity contribution in [3.8, 4) is 0 Å². The van der Waals surface area contributed by atoms with Gasteiger partial charge in [-0.1, -0.05) is 32.0 Å². The minimum absolute atomic E-state index is 0.0633. The number of aryl methyl sites for hydroxylation is 1. The lowest BCUT2D eigenvalue weighted by Gasteiger charge is -2.29. The van der Waals surface area contributed by atoms with Crippen molar-refractivity contribution in [3.05, 3.63) is 47.3 Å². The van der Waals surface area contributed by atoms with Crippen LogP contribution in [-0.4, -0.2) is 16.5 Å². The van der Waals surface area contributed by atoms with Gasteiger partial charge in [0.05, 0.1) is 5.88 Å². The van der Waals surface area contributed by atoms with Crippen LogP contribution in [0.25, 0.3) is 0 Å². The van der Waals surface area contributed by atoms with Crippen molar-refractivity contribution in [2.24, 2.45) is 0 Å². The quantitative estimate of drug-likeness (QED) is 0.679. The summed E-state index contributed by atoms with van der Waals surface area (Å²) in [5.41, 5.74) is 0.881. The fourth-order valence-corrected chi connectivity index (χ4v) is 2.81. The molecule has 1 aliphatic heterocycles. The largest absolute Gasteiger partial charge is 0.433 e. The molecule has 3 rings (SSSR count). The highest BCUT2D eigenvalue weighted by molar-refractivity contribution is 6.17. The first-order chi connectivity index (χ1) is 11.5. The lowest BCUT2D eigenvalue weighted by Crippen LogP contribution is -2.27. The molecule has 0 radical (unpaired) electrons. The fourth-order valence-electron chi connectivity index (χ4n) is 2.61. The molecule has 2 heterocycles. The number of benzene rings is 1. The van der Waals surface area contributed by atoms with Crippen molar-refractivity contribution < 1.29 is 13.2 Å². The molecule has 0 atom stereocenters. The van der Waals surface area contributed by atoms with Crippen LogP contribution in [0.2, 0.25) is 0 Å². The molecule has 24 heavy (non-hydrogen) atoms. The van der Waals surface area contributed by atoms with E-state index in [2.05, 4.69) is 9.97 Å². The van der Waals surface area contributed by atoms with Crippen LogP contribution in [-0.2, 0) is 18.5 Å². The van der Waals surface area contributed by atoms with Crippen LogP contribution < -0.4 is 4.90 Å². The molecule has 0 N–H and O–H groups in total. The van der Waals surface area contributed by atoms with E-state index < -0.39 is 11.9 Å². The van der Waals surface area contributed by atoms with E-state index in [0.29, 0.717) is 6.54 Å². The topological polar surface area (TPSA) is 29.0 Å². The Hall–Kier alpha value is -1.82. The third kappa shape index (κ3) is 3.80. The van der Waals surface area contributed by atoms with Crippen molar-refractivity contribution >= 4 is 23.2 Å². The fraction of sp³-hybridized carbons (Fsp3) is 0.412. The van der Waals surface area contributed by atoms with Gasteiger partial charge in [-0.15, -0.1) is 11.6 Å². The van der Waals surface area contributed by atoms with Crippen LogP contribution in [0, 0.1) is 0 Å². The van der Waals surface area contributed by atoms with E-state index in [1.165, 1.54) is 0 Å². The molecule has 0 spiro atoms. The zero-order chi connectivity index (χ0) is 17.7. The van der Waals surface area contributed by atoms with E-state index in [1.54, 1.807) is 4.90 Å². The predicted molar refractivity (Wildman–Crippen MR) is 89.7 cm³/mol. The first-order valence-corrected chi connectivity index (χ1v) is 8.38. The summed E-state index contributed by atoms with van der Waals surface area (Å²) in [4.78, 5) is 9.55. The predicted octanol–water partition coefficient (Wildman–Crippen LogP) is 5.34. The van der Waals surface area contributed by atoms with Gasteiger partial charge in [0.2, 0.25) is 5.95 Å². The van der Waals surface area contributed by atoms with Gasteiger partial charge in [0.25, 0.3) is 0 Å². The Labute approximate surface area is 144 Å². The molecule has 1 aromatic heterocycles. The second-order valence-electron chi connectivity index (χ2n) is 5.06. The van der Waals surface area contributed by atoms with Gasteiger partial charge in [0.1, 0.15) is 0 Å². The van der Waals surface area contributed by atoms with E-state index in [4.69, 9.17) is 11.6 Å². The number of halogens is 4. The van der Waals surface area contributed by atoms with Crippen LogP contribution >= 0.6 is 11.6 Å². The number of aromatic nitrogens is 2. The van der Waals surface area contributed by atoms with E-state index in [9.17, 15) is 13.2 Å². The van der Waals surface area contributed by atoms with Crippen molar-refractivity contribution in [1.82, 2.24) is 9.97 Å². The van der Waals surface area contributed by atoms with Gasteiger partial charge >= 0.3 is 6.18 Å². The van der Waals surface area contributed by atoms with Gasteiger partial charge in [-0.3, -0.25) is 0 Å². The summed E-state index contributed by atoms with van der Waals surface area (Å²) in [5.74, 6) is -0.209. The molecule has 0 amide bonds. The van der Waals surface area contributed by atoms with E-state index >= 15 is 0 Å². The minimum Gasteiger partial charge on any atom is -0.310 e. The summed E-state index contributed by atoms with van der Waals surface area (Å²) >= 11 is 5.56. The molecule has 0 saturated carbocycles. The normalized spacial score (nSPS) is 13.8. The molecule has 7 heteroatoms. The molecule has 0 unspecified atom stereocenters. The number of fused-ring (bicyclic) bond motifs is 1. The van der Waals surface area contributed by atoms with Crippen LogP contribution in [0.3, 0.4) is 0 Å². The summed E-state index contributed by atoms with van der Waals surface area (Å²) in [6.45, 7) is 4.59. The van der Waals surface area contributed by atoms with E-state index in [-0.39, 0.29) is 17.4 Å². The van der Waals surface area contributed by atoms with Gasteiger partial charge in [0, 0.05) is 24.0 Å². The molecule has 2 aromatic rings. The Bertz CT molecular complexity index is 689. The monoisotopic (exact) mass is 357 g/mol. The Balaban J connectivity index is 0.00000100. The number of alkyl halides is 4. The maximum Gasteiger partial charge on any atom is 0.433 e. The lowest BCUT2D eigenvalue weighted by atomic mass is 10.0. The van der Waals surface area contributed by atoms with Crippen LogP contribution in [0.5, 0.6) is 0 Å². The average molecular weight is 358 g/mol. The number of para-hydroxylation sites is 1. The molecule has 0 fully saturated rings. The Morgan fingerprint density at radius 1 is 1.21 bits per heavy atom. The summed E-state index contributed by atoms with van der Waals surface area (Å²) in [7, 11) is 0. The first kappa shape index (κ1) is 18.5. The summed E-state index contributed by atoms with van der Waals surface area (Å²) in [5, 5.41) is 0. The molecular formula is C17H19ClF3N3. The number of anilines is 2. The standard InChI is InChI=1S/C15H13ClF3N3.C2H6/c16-8-11-9-20-14(21-13(11)15(17,18)19)22-7-3-5-10-4-1-2-6-12(10)22;1-2/h1-2,4,6,9H,3,5,7-8H2;1-2H3. The number of rotatable bonds is 2. The number of hydrogen-bond acceptors (Lipinski definition) is 3. The second kappa shape index (κ2) is 7.83. The SMILES string of the molecule is CC.FC(F)(F)c1nc(N2CCCc3ccccc32)ncc1CCl. The minimum atomic E-state index is -4.54. The van der Waals surface area contributed by atoms with E-state index in [1.807, 2.05) is 38.1 Å². The van der Waals surface area contributed by atoms with Gasteiger partial charge in [-0.25, -0.2) is 9.97 Å². The van der Waals surface area contributed by atoms with Gasteiger partial charge in [0.15, 0.2) is 5.69 Å². The van der Waals surface area contributed by atoms with Gasteiger partial charge < -0.3 is 4.90 Å². The number of nitrogens with zero attached hydrogens (tertiary/aromatic N) is 3. The van der Waals surface area contributed by atoms with E-state index in [0.717, 1.165) is 30.3 Å². The smallest absolute Gasteiger partial charge is 0.310 e. The van der Waals surface area contributed by atoms with Gasteiger partial charge in [-0.2, -0.15) is 13.2 Å². The highest BCUT2D eigenvalue weighted by atomic mass is 35.5. The first-order valence-electron chi connectivity index (χ1n) is 7.85. The maximum atomic E-state index is 13.1. The van der Waals surface area contributed by atoms with Crippen molar-refractivity contribution in [2.75, 3.05) is 11.4 Å². The van der Waals surface area contributed by atoms with Crippen LogP contribution in [0.4, 0.5) is 24.8 Å². The summed E-state index contributed by atoms with van der Waals surface area (Å²) in [6.07, 6.45) is -1.63. The Kier molecular flexibility index (Phi) is 6.04. The number of hydrogen-bond donors (Lipinski definition) is 0. The molecule has 130 valence electrons. The highest BCUT2D eigenvalue weighted by Crippen LogP contribution is 2.35. The van der Waals surface area contributed by atoms with Crippen molar-refractivity contribution in [3.63, 3.8) is 0 Å². The second-order valence-corrected chi connectivity index (χ2v) is 5.33. The van der Waals surface area contributed by atoms with Crippen molar-refractivity contribution in [2.45, 2.75) is 38.7 Å². The van der Waals surface area contributed by atoms with Crippen LogP contribution in [0.15, 0.2) is 30.5 Å². The third-order valence-corrected chi connectivity index (χ3v) is 3.90. The summed E-state index contributed by atoms with van der Waals surface area (Å²) in [6, 6.07) is 7.62. The Morgan fingerprint density at radius 3 is 2.58 bits per heavy atom. The molecule has 0 saturated heterocycles. The van der Waals surface area contributed by atoms with Gasteiger partial charge in [-0.05, 0) is 24.5 Å². The molecular weight excluding hydrogens is 339 g/mol. The summed E-state index contributed by atoms with van der Waals surface area (Å²) < 4.78 is 39.3.